The van der Waals surface area contributed by atoms with Gasteiger partial charge in [-0.2, -0.15) is 0 Å². The Morgan fingerprint density at radius 2 is 2.39 bits per heavy atom. The van der Waals surface area contributed by atoms with Crippen molar-refractivity contribution in [3.05, 3.63) is 22.3 Å². The number of aromatic nitrogens is 1. The van der Waals surface area contributed by atoms with Crippen LogP contribution < -0.4 is 11.1 Å². The molecule has 0 atom stereocenters. The zero-order valence-electron chi connectivity index (χ0n) is 10.1. The molecule has 98 valence electrons. The lowest BCUT2D eigenvalue weighted by Gasteiger charge is -2.35. The third kappa shape index (κ3) is 3.00. The Balaban J connectivity index is 1.91. The molecule has 1 saturated carbocycles. The molecule has 0 bridgehead atoms. The van der Waals surface area contributed by atoms with Gasteiger partial charge in [-0.25, -0.2) is 4.98 Å². The number of nitrogen functional groups attached to an aromatic ring is 1. The summed E-state index contributed by atoms with van der Waals surface area (Å²) in [5.74, 6) is 0.208. The maximum atomic E-state index is 12.0. The van der Waals surface area contributed by atoms with Gasteiger partial charge < -0.3 is 15.8 Å². The van der Waals surface area contributed by atoms with Gasteiger partial charge in [0.1, 0.15) is 5.82 Å². The molecule has 6 heteroatoms. The van der Waals surface area contributed by atoms with E-state index in [2.05, 4.69) is 26.2 Å². The molecule has 3 N–H and O–H groups in total. The van der Waals surface area contributed by atoms with Crippen LogP contribution in [0.15, 0.2) is 16.7 Å². The van der Waals surface area contributed by atoms with Crippen LogP contribution in [0.4, 0.5) is 5.82 Å². The molecule has 1 heterocycles. The van der Waals surface area contributed by atoms with Crippen molar-refractivity contribution in [2.75, 3.05) is 12.3 Å². The highest BCUT2D eigenvalue weighted by atomic mass is 79.9. The first kappa shape index (κ1) is 13.3. The van der Waals surface area contributed by atoms with Crippen LogP contribution in [0.2, 0.25) is 0 Å². The summed E-state index contributed by atoms with van der Waals surface area (Å²) in [5, 5.41) is 2.96. The second kappa shape index (κ2) is 5.67. The number of pyridine rings is 1. The molecule has 5 nitrogen and oxygen atoms in total. The summed E-state index contributed by atoms with van der Waals surface area (Å²) < 4.78 is 6.10. The van der Waals surface area contributed by atoms with Crippen LogP contribution in [-0.4, -0.2) is 29.6 Å². The first-order valence-electron chi connectivity index (χ1n) is 5.93. The molecular formula is C12H16BrN3O2. The quantitative estimate of drug-likeness (QED) is 0.887. The molecular weight excluding hydrogens is 298 g/mol. The number of hydrogen-bond donors (Lipinski definition) is 2. The number of carbonyl (C=O) groups excluding carboxylic acids is 1. The van der Waals surface area contributed by atoms with Crippen molar-refractivity contribution in [3.8, 4) is 0 Å². The number of ether oxygens (including phenoxy) is 1. The van der Waals surface area contributed by atoms with Gasteiger partial charge in [-0.15, -0.1) is 0 Å². The Bertz CT molecular complexity index is 447. The van der Waals surface area contributed by atoms with E-state index in [1.807, 2.05) is 6.92 Å². The summed E-state index contributed by atoms with van der Waals surface area (Å²) in [6.07, 6.45) is 3.56. The number of amides is 1. The predicted molar refractivity (Wildman–Crippen MR) is 72.3 cm³/mol. The van der Waals surface area contributed by atoms with Gasteiger partial charge in [0.15, 0.2) is 0 Å². The third-order valence-corrected chi connectivity index (χ3v) is 3.59. The van der Waals surface area contributed by atoms with Gasteiger partial charge in [0.25, 0.3) is 5.91 Å². The summed E-state index contributed by atoms with van der Waals surface area (Å²) in [7, 11) is 0. The Kier molecular flexibility index (Phi) is 4.19. The van der Waals surface area contributed by atoms with Gasteiger partial charge in [0, 0.05) is 23.3 Å². The zero-order chi connectivity index (χ0) is 13.1. The minimum atomic E-state index is -0.129. The molecule has 1 aliphatic rings. The fraction of sp³-hybridized carbons (Fsp3) is 0.500. The van der Waals surface area contributed by atoms with Gasteiger partial charge in [-0.1, -0.05) is 0 Å². The van der Waals surface area contributed by atoms with Crippen LogP contribution >= 0.6 is 15.9 Å². The highest BCUT2D eigenvalue weighted by Crippen LogP contribution is 2.24. The van der Waals surface area contributed by atoms with Crippen molar-refractivity contribution in [1.82, 2.24) is 10.3 Å². The summed E-state index contributed by atoms with van der Waals surface area (Å²) in [5.41, 5.74) is 6.09. The third-order valence-electron chi connectivity index (χ3n) is 2.95. The van der Waals surface area contributed by atoms with Crippen molar-refractivity contribution in [2.24, 2.45) is 0 Å². The lowest BCUT2D eigenvalue weighted by atomic mass is 9.89. The summed E-state index contributed by atoms with van der Waals surface area (Å²) in [6.45, 7) is 2.69. The average Bonchev–Trinajstić information content (AvgIpc) is 2.29. The molecule has 0 unspecified atom stereocenters. The van der Waals surface area contributed by atoms with Gasteiger partial charge in [-0.3, -0.25) is 4.79 Å². The number of hydrogen-bond acceptors (Lipinski definition) is 4. The van der Waals surface area contributed by atoms with Crippen LogP contribution in [0, 0.1) is 0 Å². The molecule has 0 aromatic carbocycles. The topological polar surface area (TPSA) is 77.2 Å². The maximum absolute atomic E-state index is 12.0. The van der Waals surface area contributed by atoms with E-state index in [1.54, 1.807) is 6.07 Å². The number of nitrogens with zero attached hydrogens (tertiary/aromatic N) is 1. The fourth-order valence-corrected chi connectivity index (χ4v) is 2.34. The van der Waals surface area contributed by atoms with Crippen LogP contribution in [0.5, 0.6) is 0 Å². The van der Waals surface area contributed by atoms with Gasteiger partial charge in [0.2, 0.25) is 0 Å². The Hall–Kier alpha value is -1.14. The van der Waals surface area contributed by atoms with Crippen molar-refractivity contribution in [1.29, 1.82) is 0 Å². The minimum absolute atomic E-state index is 0.129. The van der Waals surface area contributed by atoms with Crippen LogP contribution in [0.1, 0.15) is 30.1 Å². The van der Waals surface area contributed by atoms with E-state index in [4.69, 9.17) is 10.5 Å². The number of carbonyl (C=O) groups is 1. The van der Waals surface area contributed by atoms with Gasteiger partial charge >= 0.3 is 0 Å². The number of nitrogens with two attached hydrogens (primary N) is 1. The largest absolute Gasteiger partial charge is 0.384 e. The van der Waals surface area contributed by atoms with Crippen LogP contribution in [0.3, 0.4) is 0 Å². The molecule has 1 aromatic heterocycles. The van der Waals surface area contributed by atoms with Crippen molar-refractivity contribution in [2.45, 2.75) is 31.9 Å². The van der Waals surface area contributed by atoms with E-state index in [1.165, 1.54) is 6.20 Å². The molecule has 0 spiro atoms. The van der Waals surface area contributed by atoms with E-state index in [-0.39, 0.29) is 18.1 Å². The lowest BCUT2D eigenvalue weighted by molar-refractivity contribution is -0.00863. The molecule has 18 heavy (non-hydrogen) atoms. The summed E-state index contributed by atoms with van der Waals surface area (Å²) >= 11 is 3.29. The molecule has 1 aliphatic carbocycles. The second-order valence-electron chi connectivity index (χ2n) is 4.31. The van der Waals surface area contributed by atoms with Crippen LogP contribution in [-0.2, 0) is 4.74 Å². The molecule has 1 amide bonds. The van der Waals surface area contributed by atoms with Crippen LogP contribution in [0.25, 0.3) is 0 Å². The molecule has 0 radical (unpaired) electrons. The standard InChI is InChI=1S/C12H16BrN3O2/c1-2-18-8-3-7(4-8)16-12(17)9-5-11(14)15-6-10(9)13/h5-8H,2-4H2,1H3,(H2,14,15)(H,16,17). The lowest BCUT2D eigenvalue weighted by Crippen LogP contribution is -2.47. The Labute approximate surface area is 114 Å². The molecule has 0 aliphatic heterocycles. The van der Waals surface area contributed by atoms with Crippen molar-refractivity contribution in [3.63, 3.8) is 0 Å². The van der Waals surface area contributed by atoms with Gasteiger partial charge in [0.05, 0.1) is 11.7 Å². The first-order valence-corrected chi connectivity index (χ1v) is 6.73. The second-order valence-corrected chi connectivity index (χ2v) is 5.16. The van der Waals surface area contributed by atoms with Crippen molar-refractivity contribution >= 4 is 27.7 Å². The molecule has 1 aromatic rings. The Morgan fingerprint density at radius 3 is 3.06 bits per heavy atom. The van der Waals surface area contributed by atoms with E-state index in [9.17, 15) is 4.79 Å². The smallest absolute Gasteiger partial charge is 0.252 e. The highest BCUT2D eigenvalue weighted by molar-refractivity contribution is 9.10. The maximum Gasteiger partial charge on any atom is 0.252 e. The Morgan fingerprint density at radius 1 is 1.67 bits per heavy atom. The summed E-state index contributed by atoms with van der Waals surface area (Å²) in [4.78, 5) is 15.9. The first-order chi connectivity index (χ1) is 8.60. The monoisotopic (exact) mass is 313 g/mol. The van der Waals surface area contributed by atoms with Crippen molar-refractivity contribution < 1.29 is 9.53 Å². The number of anilines is 1. The number of rotatable bonds is 4. The number of halogens is 1. The van der Waals surface area contributed by atoms with E-state index >= 15 is 0 Å². The van der Waals surface area contributed by atoms with E-state index in [0.717, 1.165) is 19.4 Å². The number of nitrogens with one attached hydrogen (secondary N) is 1. The van der Waals surface area contributed by atoms with E-state index in [0.29, 0.717) is 15.9 Å². The van der Waals surface area contributed by atoms with E-state index < -0.39 is 0 Å². The SMILES string of the molecule is CCOC1CC(NC(=O)c2cc(N)ncc2Br)C1. The minimum Gasteiger partial charge on any atom is -0.384 e. The highest BCUT2D eigenvalue weighted by Gasteiger charge is 2.31. The normalized spacial score (nSPS) is 22.3. The van der Waals surface area contributed by atoms with Gasteiger partial charge in [-0.05, 0) is 41.8 Å². The molecule has 0 saturated heterocycles. The molecule has 2 rings (SSSR count). The summed E-state index contributed by atoms with van der Waals surface area (Å²) in [6, 6.07) is 1.76. The average molecular weight is 314 g/mol. The zero-order valence-corrected chi connectivity index (χ0v) is 11.7. The molecule has 1 fully saturated rings. The predicted octanol–water partition coefficient (Wildman–Crippen LogP) is 1.72. The fourth-order valence-electron chi connectivity index (χ4n) is 1.95.